The summed E-state index contributed by atoms with van der Waals surface area (Å²) >= 11 is 3.33. The van der Waals surface area contributed by atoms with Crippen LogP contribution in [0.2, 0.25) is 0 Å². The van der Waals surface area contributed by atoms with Crippen LogP contribution in [-0.4, -0.2) is 11.1 Å². The zero-order chi connectivity index (χ0) is 9.14. The monoisotopic (exact) mass is 265 g/mol. The van der Waals surface area contributed by atoms with Crippen LogP contribution >= 0.6 is 28.3 Å². The SMILES string of the molecule is C[C@@H](N)[C@@H](O)c1cccc(Br)c1.Cl. The van der Waals surface area contributed by atoms with Crippen LogP contribution < -0.4 is 5.73 Å². The zero-order valence-corrected chi connectivity index (χ0v) is 9.68. The van der Waals surface area contributed by atoms with Crippen molar-refractivity contribution in [2.24, 2.45) is 5.73 Å². The van der Waals surface area contributed by atoms with E-state index in [2.05, 4.69) is 15.9 Å². The quantitative estimate of drug-likeness (QED) is 0.862. The molecule has 3 N–H and O–H groups in total. The molecule has 1 rings (SSSR count). The number of aliphatic hydroxyl groups is 1. The molecular formula is C9H13BrClNO. The molecule has 74 valence electrons. The van der Waals surface area contributed by atoms with Gasteiger partial charge in [0, 0.05) is 10.5 Å². The van der Waals surface area contributed by atoms with Crippen molar-refractivity contribution in [1.29, 1.82) is 0 Å². The summed E-state index contributed by atoms with van der Waals surface area (Å²) in [5, 5.41) is 9.58. The fourth-order valence-corrected chi connectivity index (χ4v) is 1.41. The van der Waals surface area contributed by atoms with Crippen LogP contribution in [0.3, 0.4) is 0 Å². The van der Waals surface area contributed by atoms with Gasteiger partial charge in [-0.25, -0.2) is 0 Å². The summed E-state index contributed by atoms with van der Waals surface area (Å²) in [6.07, 6.45) is -0.581. The maximum Gasteiger partial charge on any atom is 0.0938 e. The minimum Gasteiger partial charge on any atom is -0.387 e. The van der Waals surface area contributed by atoms with Gasteiger partial charge in [-0.15, -0.1) is 12.4 Å². The Hall–Kier alpha value is -0.0900. The summed E-state index contributed by atoms with van der Waals surface area (Å²) < 4.78 is 0.958. The molecule has 0 radical (unpaired) electrons. The van der Waals surface area contributed by atoms with E-state index < -0.39 is 6.10 Å². The van der Waals surface area contributed by atoms with Crippen molar-refractivity contribution in [3.8, 4) is 0 Å². The molecule has 1 aromatic rings. The largest absolute Gasteiger partial charge is 0.387 e. The fraction of sp³-hybridized carbons (Fsp3) is 0.333. The number of halogens is 2. The first kappa shape index (κ1) is 12.9. The Kier molecular flexibility index (Phi) is 5.56. The first-order valence-electron chi connectivity index (χ1n) is 3.80. The lowest BCUT2D eigenvalue weighted by atomic mass is 10.0. The molecule has 0 unspecified atom stereocenters. The smallest absolute Gasteiger partial charge is 0.0938 e. The number of rotatable bonds is 2. The highest BCUT2D eigenvalue weighted by molar-refractivity contribution is 9.10. The standard InChI is InChI=1S/C9H12BrNO.ClH/c1-6(11)9(12)7-3-2-4-8(10)5-7;/h2-6,9,12H,11H2,1H3;1H/t6-,9-;/m1./s1. The van der Waals surface area contributed by atoms with Crippen molar-refractivity contribution in [3.63, 3.8) is 0 Å². The summed E-state index contributed by atoms with van der Waals surface area (Å²) in [4.78, 5) is 0. The molecule has 0 spiro atoms. The van der Waals surface area contributed by atoms with Gasteiger partial charge in [0.15, 0.2) is 0 Å². The molecule has 0 saturated carbocycles. The Bertz CT molecular complexity index is 268. The second-order valence-electron chi connectivity index (χ2n) is 2.86. The Morgan fingerprint density at radius 3 is 2.54 bits per heavy atom. The van der Waals surface area contributed by atoms with Crippen molar-refractivity contribution < 1.29 is 5.11 Å². The molecular weight excluding hydrogens is 253 g/mol. The third kappa shape index (κ3) is 3.65. The second-order valence-corrected chi connectivity index (χ2v) is 3.77. The van der Waals surface area contributed by atoms with Crippen LogP contribution in [-0.2, 0) is 0 Å². The predicted octanol–water partition coefficient (Wildman–Crippen LogP) is 2.25. The highest BCUT2D eigenvalue weighted by Gasteiger charge is 2.11. The van der Waals surface area contributed by atoms with E-state index in [4.69, 9.17) is 5.73 Å². The van der Waals surface area contributed by atoms with Gasteiger partial charge < -0.3 is 10.8 Å². The van der Waals surface area contributed by atoms with Crippen LogP contribution in [0.15, 0.2) is 28.7 Å². The normalized spacial score (nSPS) is 14.5. The van der Waals surface area contributed by atoms with E-state index in [1.165, 1.54) is 0 Å². The van der Waals surface area contributed by atoms with Gasteiger partial charge in [-0.1, -0.05) is 28.1 Å². The number of nitrogens with two attached hydrogens (primary N) is 1. The van der Waals surface area contributed by atoms with E-state index in [0.717, 1.165) is 10.0 Å². The summed E-state index contributed by atoms with van der Waals surface area (Å²) in [7, 11) is 0. The van der Waals surface area contributed by atoms with E-state index in [1.54, 1.807) is 6.92 Å². The lowest BCUT2D eigenvalue weighted by Gasteiger charge is -2.14. The van der Waals surface area contributed by atoms with Gasteiger partial charge >= 0.3 is 0 Å². The van der Waals surface area contributed by atoms with Crippen LogP contribution in [0.4, 0.5) is 0 Å². The van der Waals surface area contributed by atoms with Gasteiger partial charge in [-0.3, -0.25) is 0 Å². The van der Waals surface area contributed by atoms with E-state index in [0.29, 0.717) is 0 Å². The average Bonchev–Trinajstić information content (AvgIpc) is 2.03. The number of hydrogen-bond acceptors (Lipinski definition) is 2. The lowest BCUT2D eigenvalue weighted by molar-refractivity contribution is 0.153. The number of benzene rings is 1. The van der Waals surface area contributed by atoms with E-state index >= 15 is 0 Å². The molecule has 13 heavy (non-hydrogen) atoms. The van der Waals surface area contributed by atoms with Crippen molar-refractivity contribution in [2.75, 3.05) is 0 Å². The molecule has 0 saturated heterocycles. The molecule has 0 fully saturated rings. The topological polar surface area (TPSA) is 46.2 Å². The first-order valence-corrected chi connectivity index (χ1v) is 4.59. The third-order valence-corrected chi connectivity index (χ3v) is 2.18. The highest BCUT2D eigenvalue weighted by atomic mass is 79.9. The highest BCUT2D eigenvalue weighted by Crippen LogP contribution is 2.19. The van der Waals surface area contributed by atoms with Crippen molar-refractivity contribution in [3.05, 3.63) is 34.3 Å². The van der Waals surface area contributed by atoms with Crippen LogP contribution in [0, 0.1) is 0 Å². The molecule has 0 heterocycles. The van der Waals surface area contributed by atoms with Crippen LogP contribution in [0.5, 0.6) is 0 Å². The average molecular weight is 267 g/mol. The van der Waals surface area contributed by atoms with Crippen molar-refractivity contribution in [2.45, 2.75) is 19.1 Å². The van der Waals surface area contributed by atoms with Gasteiger partial charge in [-0.2, -0.15) is 0 Å². The van der Waals surface area contributed by atoms with Crippen LogP contribution in [0.25, 0.3) is 0 Å². The molecule has 0 aromatic heterocycles. The number of aliphatic hydroxyl groups excluding tert-OH is 1. The zero-order valence-electron chi connectivity index (χ0n) is 7.27. The van der Waals surface area contributed by atoms with E-state index in [-0.39, 0.29) is 18.4 Å². The third-order valence-electron chi connectivity index (χ3n) is 1.69. The van der Waals surface area contributed by atoms with E-state index in [1.807, 2.05) is 24.3 Å². The fourth-order valence-electron chi connectivity index (χ4n) is 0.994. The second kappa shape index (κ2) is 5.60. The summed E-state index contributed by atoms with van der Waals surface area (Å²) in [5.41, 5.74) is 6.40. The Labute approximate surface area is 92.7 Å². The molecule has 2 nitrogen and oxygen atoms in total. The minimum absolute atomic E-state index is 0. The molecule has 2 atom stereocenters. The van der Waals surface area contributed by atoms with Crippen molar-refractivity contribution in [1.82, 2.24) is 0 Å². The Morgan fingerprint density at radius 2 is 2.08 bits per heavy atom. The minimum atomic E-state index is -0.581. The summed E-state index contributed by atoms with van der Waals surface area (Å²) in [6.45, 7) is 1.78. The molecule has 0 aliphatic rings. The molecule has 4 heteroatoms. The Morgan fingerprint density at radius 1 is 1.46 bits per heavy atom. The van der Waals surface area contributed by atoms with Gasteiger partial charge in [-0.05, 0) is 24.6 Å². The van der Waals surface area contributed by atoms with Gasteiger partial charge in [0.05, 0.1) is 6.10 Å². The molecule has 0 bridgehead atoms. The molecule has 1 aromatic carbocycles. The first-order chi connectivity index (χ1) is 5.61. The van der Waals surface area contributed by atoms with Gasteiger partial charge in [0.25, 0.3) is 0 Å². The summed E-state index contributed by atoms with van der Waals surface area (Å²) in [5.74, 6) is 0. The predicted molar refractivity (Wildman–Crippen MR) is 60.0 cm³/mol. The molecule has 0 aliphatic carbocycles. The van der Waals surface area contributed by atoms with Crippen molar-refractivity contribution >= 4 is 28.3 Å². The van der Waals surface area contributed by atoms with Gasteiger partial charge in [0.1, 0.15) is 0 Å². The maximum atomic E-state index is 9.58. The molecule has 0 amide bonds. The maximum absolute atomic E-state index is 9.58. The van der Waals surface area contributed by atoms with E-state index in [9.17, 15) is 5.11 Å². The van der Waals surface area contributed by atoms with Gasteiger partial charge in [0.2, 0.25) is 0 Å². The lowest BCUT2D eigenvalue weighted by Crippen LogP contribution is -2.24. The molecule has 0 aliphatic heterocycles. The van der Waals surface area contributed by atoms with Crippen LogP contribution in [0.1, 0.15) is 18.6 Å². The summed E-state index contributed by atoms with van der Waals surface area (Å²) in [6, 6.07) is 7.29. The Balaban J connectivity index is 0.00000144. The number of hydrogen-bond donors (Lipinski definition) is 2.